The zero-order valence-electron chi connectivity index (χ0n) is 12.4. The molecule has 20 heavy (non-hydrogen) atoms. The van der Waals surface area contributed by atoms with Crippen LogP contribution in [0.3, 0.4) is 0 Å². The number of rotatable bonds is 10. The molecule has 0 spiro atoms. The summed E-state index contributed by atoms with van der Waals surface area (Å²) in [5.74, 6) is 0.934. The smallest absolute Gasteiger partial charge is 0.123 e. The summed E-state index contributed by atoms with van der Waals surface area (Å²) in [6.45, 7) is 4.90. The molecule has 0 aliphatic carbocycles. The number of halogens is 1. The van der Waals surface area contributed by atoms with Crippen LogP contribution in [-0.2, 0) is 16.0 Å². The first-order valence-corrected chi connectivity index (χ1v) is 7.64. The summed E-state index contributed by atoms with van der Waals surface area (Å²) >= 11 is 3.50. The van der Waals surface area contributed by atoms with Crippen LogP contribution in [0, 0.1) is 0 Å². The van der Waals surface area contributed by atoms with Gasteiger partial charge in [0.05, 0.1) is 19.3 Å². The van der Waals surface area contributed by atoms with Gasteiger partial charge < -0.3 is 19.5 Å². The molecule has 0 fully saturated rings. The van der Waals surface area contributed by atoms with Gasteiger partial charge in [-0.25, -0.2) is 0 Å². The molecular weight excluding hydrogens is 322 g/mol. The third-order valence-corrected chi connectivity index (χ3v) is 3.35. The van der Waals surface area contributed by atoms with E-state index < -0.39 is 0 Å². The van der Waals surface area contributed by atoms with E-state index in [1.807, 2.05) is 12.1 Å². The largest absolute Gasteiger partial charge is 0.493 e. The van der Waals surface area contributed by atoms with Crippen LogP contribution in [-0.4, -0.2) is 40.1 Å². The average molecular weight is 346 g/mol. The molecule has 1 aromatic rings. The maximum atomic E-state index is 5.76. The Labute approximate surface area is 129 Å². The molecule has 1 unspecified atom stereocenters. The molecule has 0 heterocycles. The van der Waals surface area contributed by atoms with Crippen LogP contribution in [0.25, 0.3) is 0 Å². The maximum Gasteiger partial charge on any atom is 0.123 e. The summed E-state index contributed by atoms with van der Waals surface area (Å²) < 4.78 is 17.2. The molecule has 1 atom stereocenters. The van der Waals surface area contributed by atoms with Crippen LogP contribution in [0.1, 0.15) is 18.9 Å². The predicted octanol–water partition coefficient (Wildman–Crippen LogP) is 2.99. The van der Waals surface area contributed by atoms with Gasteiger partial charge in [0.25, 0.3) is 0 Å². The van der Waals surface area contributed by atoms with Crippen LogP contribution in [0.15, 0.2) is 22.7 Å². The van der Waals surface area contributed by atoms with Gasteiger partial charge in [0, 0.05) is 37.3 Å². The SMILES string of the molecule is CCCOc1ccc(Br)cc1CNCC(COC)OC. The molecular formula is C15H24BrNO3. The van der Waals surface area contributed by atoms with Crippen molar-refractivity contribution in [2.24, 2.45) is 0 Å². The Morgan fingerprint density at radius 3 is 2.75 bits per heavy atom. The molecule has 0 aliphatic heterocycles. The fourth-order valence-corrected chi connectivity index (χ4v) is 2.21. The Kier molecular flexibility index (Phi) is 8.85. The van der Waals surface area contributed by atoms with Crippen molar-refractivity contribution in [2.45, 2.75) is 26.0 Å². The topological polar surface area (TPSA) is 39.7 Å². The van der Waals surface area contributed by atoms with E-state index in [-0.39, 0.29) is 6.10 Å². The van der Waals surface area contributed by atoms with Crippen LogP contribution in [0.5, 0.6) is 5.75 Å². The summed E-state index contributed by atoms with van der Waals surface area (Å²) in [7, 11) is 3.37. The van der Waals surface area contributed by atoms with Crippen molar-refractivity contribution in [1.29, 1.82) is 0 Å². The fourth-order valence-electron chi connectivity index (χ4n) is 1.80. The van der Waals surface area contributed by atoms with E-state index in [0.717, 1.165) is 41.9 Å². The van der Waals surface area contributed by atoms with E-state index in [4.69, 9.17) is 14.2 Å². The monoisotopic (exact) mass is 345 g/mol. The Morgan fingerprint density at radius 1 is 1.30 bits per heavy atom. The molecule has 0 saturated carbocycles. The Morgan fingerprint density at radius 2 is 2.10 bits per heavy atom. The van der Waals surface area contributed by atoms with Crippen molar-refractivity contribution in [2.75, 3.05) is 34.0 Å². The standard InChI is InChI=1S/C15H24BrNO3/c1-4-7-20-15-6-5-13(16)8-12(15)9-17-10-14(19-3)11-18-2/h5-6,8,14,17H,4,7,9-11H2,1-3H3. The minimum absolute atomic E-state index is 0.0622. The number of benzene rings is 1. The Hall–Kier alpha value is -0.620. The molecule has 0 aliphatic rings. The predicted molar refractivity (Wildman–Crippen MR) is 84.3 cm³/mol. The lowest BCUT2D eigenvalue weighted by atomic mass is 10.2. The zero-order chi connectivity index (χ0) is 14.8. The van der Waals surface area contributed by atoms with Crippen molar-refractivity contribution in [3.8, 4) is 5.75 Å². The van der Waals surface area contributed by atoms with E-state index in [0.29, 0.717) is 6.61 Å². The highest BCUT2D eigenvalue weighted by Gasteiger charge is 2.08. The maximum absolute atomic E-state index is 5.76. The van der Waals surface area contributed by atoms with Crippen molar-refractivity contribution in [1.82, 2.24) is 5.32 Å². The summed E-state index contributed by atoms with van der Waals surface area (Å²) in [6, 6.07) is 6.08. The molecule has 0 aromatic heterocycles. The number of hydrogen-bond acceptors (Lipinski definition) is 4. The first-order valence-electron chi connectivity index (χ1n) is 6.84. The van der Waals surface area contributed by atoms with E-state index in [1.54, 1.807) is 14.2 Å². The molecule has 5 heteroatoms. The normalized spacial score (nSPS) is 12.4. The lowest BCUT2D eigenvalue weighted by Crippen LogP contribution is -2.31. The van der Waals surface area contributed by atoms with E-state index >= 15 is 0 Å². The molecule has 1 rings (SSSR count). The van der Waals surface area contributed by atoms with Gasteiger partial charge in [0.1, 0.15) is 5.75 Å². The van der Waals surface area contributed by atoms with Crippen molar-refractivity contribution in [3.63, 3.8) is 0 Å². The second kappa shape index (κ2) is 10.2. The molecule has 0 saturated heterocycles. The highest BCUT2D eigenvalue weighted by Crippen LogP contribution is 2.23. The highest BCUT2D eigenvalue weighted by molar-refractivity contribution is 9.10. The molecule has 1 aromatic carbocycles. The van der Waals surface area contributed by atoms with Crippen LogP contribution in [0.2, 0.25) is 0 Å². The van der Waals surface area contributed by atoms with Crippen LogP contribution in [0.4, 0.5) is 0 Å². The minimum Gasteiger partial charge on any atom is -0.493 e. The van der Waals surface area contributed by atoms with Gasteiger partial charge in [-0.1, -0.05) is 22.9 Å². The van der Waals surface area contributed by atoms with Gasteiger partial charge in [-0.2, -0.15) is 0 Å². The van der Waals surface area contributed by atoms with Crippen LogP contribution >= 0.6 is 15.9 Å². The number of hydrogen-bond donors (Lipinski definition) is 1. The molecule has 1 N–H and O–H groups in total. The van der Waals surface area contributed by atoms with Gasteiger partial charge in [-0.05, 0) is 24.6 Å². The third-order valence-electron chi connectivity index (χ3n) is 2.86. The van der Waals surface area contributed by atoms with Crippen LogP contribution < -0.4 is 10.1 Å². The lowest BCUT2D eigenvalue weighted by molar-refractivity contribution is 0.0287. The summed E-state index contributed by atoms with van der Waals surface area (Å²) in [6.07, 6.45) is 1.06. The van der Waals surface area contributed by atoms with Gasteiger partial charge in [0.2, 0.25) is 0 Å². The first-order chi connectivity index (χ1) is 9.71. The molecule has 0 amide bonds. The number of nitrogens with one attached hydrogen (secondary N) is 1. The fraction of sp³-hybridized carbons (Fsp3) is 0.600. The molecule has 114 valence electrons. The Balaban J connectivity index is 2.54. The second-order valence-electron chi connectivity index (χ2n) is 4.54. The Bertz CT molecular complexity index is 387. The van der Waals surface area contributed by atoms with E-state index in [1.165, 1.54) is 0 Å². The highest BCUT2D eigenvalue weighted by atomic mass is 79.9. The van der Waals surface area contributed by atoms with Gasteiger partial charge in [-0.3, -0.25) is 0 Å². The zero-order valence-corrected chi connectivity index (χ0v) is 14.0. The average Bonchev–Trinajstić information content (AvgIpc) is 2.45. The van der Waals surface area contributed by atoms with Gasteiger partial charge >= 0.3 is 0 Å². The summed E-state index contributed by atoms with van der Waals surface area (Å²) in [4.78, 5) is 0. The second-order valence-corrected chi connectivity index (χ2v) is 5.46. The van der Waals surface area contributed by atoms with Gasteiger partial charge in [0.15, 0.2) is 0 Å². The minimum atomic E-state index is 0.0622. The molecule has 0 radical (unpaired) electrons. The number of methoxy groups -OCH3 is 2. The summed E-state index contributed by atoms with van der Waals surface area (Å²) in [5.41, 5.74) is 1.14. The van der Waals surface area contributed by atoms with Crippen molar-refractivity contribution in [3.05, 3.63) is 28.2 Å². The van der Waals surface area contributed by atoms with E-state index in [2.05, 4.69) is 34.2 Å². The quantitative estimate of drug-likeness (QED) is 0.707. The first kappa shape index (κ1) is 17.4. The van der Waals surface area contributed by atoms with Crippen molar-refractivity contribution < 1.29 is 14.2 Å². The van der Waals surface area contributed by atoms with E-state index in [9.17, 15) is 0 Å². The summed E-state index contributed by atoms with van der Waals surface area (Å²) in [5, 5.41) is 3.38. The molecule has 4 nitrogen and oxygen atoms in total. The third kappa shape index (κ3) is 6.22. The number of ether oxygens (including phenoxy) is 3. The van der Waals surface area contributed by atoms with Gasteiger partial charge in [-0.15, -0.1) is 0 Å². The van der Waals surface area contributed by atoms with Crippen molar-refractivity contribution >= 4 is 15.9 Å². The lowest BCUT2D eigenvalue weighted by Gasteiger charge is -2.16. The molecule has 0 bridgehead atoms.